The molecule has 1 heterocycles. The highest BCUT2D eigenvalue weighted by Crippen LogP contribution is 2.22. The maximum absolute atomic E-state index is 5.32. The van der Waals surface area contributed by atoms with Crippen molar-refractivity contribution < 1.29 is 4.74 Å². The van der Waals surface area contributed by atoms with Crippen molar-refractivity contribution in [1.82, 2.24) is 15.2 Å². The van der Waals surface area contributed by atoms with Crippen molar-refractivity contribution in [3.8, 4) is 0 Å². The summed E-state index contributed by atoms with van der Waals surface area (Å²) in [5, 5.41) is 6.47. The molecule has 5 nitrogen and oxygen atoms in total. The highest BCUT2D eigenvalue weighted by molar-refractivity contribution is 7.99. The van der Waals surface area contributed by atoms with Crippen LogP contribution in [0.1, 0.15) is 44.5 Å². The van der Waals surface area contributed by atoms with E-state index in [0.29, 0.717) is 0 Å². The quantitative estimate of drug-likeness (QED) is 0.570. The van der Waals surface area contributed by atoms with Gasteiger partial charge in [-0.25, -0.2) is 4.98 Å². The minimum absolute atomic E-state index is 0.0448. The minimum atomic E-state index is 0.0448. The van der Waals surface area contributed by atoms with Crippen molar-refractivity contribution in [2.45, 2.75) is 45.1 Å². The van der Waals surface area contributed by atoms with E-state index in [1.54, 1.807) is 18.4 Å². The molecule has 0 aromatic carbocycles. The molecule has 0 saturated heterocycles. The van der Waals surface area contributed by atoms with Gasteiger partial charge in [0.05, 0.1) is 18.8 Å². The first-order valence-corrected chi connectivity index (χ1v) is 9.95. The van der Waals surface area contributed by atoms with E-state index < -0.39 is 0 Å². The van der Waals surface area contributed by atoms with Crippen LogP contribution in [0.15, 0.2) is 10.4 Å². The number of guanidine groups is 1. The van der Waals surface area contributed by atoms with Crippen LogP contribution in [0.4, 0.5) is 0 Å². The Morgan fingerprint density at radius 2 is 2.26 bits per heavy atom. The number of methoxy groups -OCH3 is 1. The SMILES string of the molecule is CCNC(=NCC(C)(C)SC)N(C)Cc1csc(C(C)OC)n1. The van der Waals surface area contributed by atoms with E-state index in [-0.39, 0.29) is 10.9 Å². The fourth-order valence-corrected chi connectivity index (χ4v) is 2.84. The van der Waals surface area contributed by atoms with Crippen LogP contribution in [0.3, 0.4) is 0 Å². The lowest BCUT2D eigenvalue weighted by molar-refractivity contribution is 0.119. The normalized spacial score (nSPS) is 14.0. The van der Waals surface area contributed by atoms with E-state index in [1.807, 2.05) is 25.7 Å². The van der Waals surface area contributed by atoms with Crippen LogP contribution in [0, 0.1) is 0 Å². The van der Waals surface area contributed by atoms with Gasteiger partial charge < -0.3 is 15.0 Å². The molecule has 132 valence electrons. The fourth-order valence-electron chi connectivity index (χ4n) is 1.80. The molecule has 1 aromatic heterocycles. The number of nitrogens with one attached hydrogen (secondary N) is 1. The average Bonchev–Trinajstić information content (AvgIpc) is 2.99. The van der Waals surface area contributed by atoms with Crippen molar-refractivity contribution in [3.63, 3.8) is 0 Å². The van der Waals surface area contributed by atoms with Crippen molar-refractivity contribution in [1.29, 1.82) is 0 Å². The largest absolute Gasteiger partial charge is 0.375 e. The van der Waals surface area contributed by atoms with Crippen molar-refractivity contribution in [2.75, 3.05) is 33.5 Å². The molecule has 0 aliphatic rings. The highest BCUT2D eigenvalue weighted by Gasteiger charge is 2.17. The highest BCUT2D eigenvalue weighted by atomic mass is 32.2. The Hall–Kier alpha value is -0.790. The predicted octanol–water partition coefficient (Wildman–Crippen LogP) is 3.39. The van der Waals surface area contributed by atoms with Gasteiger partial charge >= 0.3 is 0 Å². The molecule has 7 heteroatoms. The summed E-state index contributed by atoms with van der Waals surface area (Å²) < 4.78 is 5.47. The van der Waals surface area contributed by atoms with Crippen molar-refractivity contribution in [2.24, 2.45) is 4.99 Å². The molecule has 1 atom stereocenters. The van der Waals surface area contributed by atoms with Gasteiger partial charge in [0.15, 0.2) is 5.96 Å². The van der Waals surface area contributed by atoms with E-state index in [1.165, 1.54) is 0 Å². The minimum Gasteiger partial charge on any atom is -0.375 e. The Balaban J connectivity index is 2.76. The van der Waals surface area contributed by atoms with Gasteiger partial charge in [-0.05, 0) is 34.0 Å². The molecule has 0 spiro atoms. The van der Waals surface area contributed by atoms with Crippen LogP contribution in [-0.2, 0) is 11.3 Å². The van der Waals surface area contributed by atoms with E-state index in [0.717, 1.165) is 36.3 Å². The van der Waals surface area contributed by atoms with Gasteiger partial charge in [-0.1, -0.05) is 0 Å². The maximum atomic E-state index is 5.32. The summed E-state index contributed by atoms with van der Waals surface area (Å²) in [4.78, 5) is 11.5. The standard InChI is InChI=1S/C16H30N4OS2/c1-8-17-15(18-11-16(3,4)22-7)20(5)9-13-10-23-14(19-13)12(2)21-6/h10,12H,8-9,11H2,1-7H3,(H,17,18). The number of nitrogens with zero attached hydrogens (tertiary/aromatic N) is 3. The molecule has 23 heavy (non-hydrogen) atoms. The summed E-state index contributed by atoms with van der Waals surface area (Å²) in [6.07, 6.45) is 2.17. The maximum Gasteiger partial charge on any atom is 0.194 e. The molecular formula is C16H30N4OS2. The third-order valence-electron chi connectivity index (χ3n) is 3.53. The molecule has 0 aliphatic carbocycles. The molecule has 0 saturated carbocycles. The van der Waals surface area contributed by atoms with Gasteiger partial charge in [0, 0.05) is 30.8 Å². The molecule has 0 bridgehead atoms. The first kappa shape index (κ1) is 20.3. The zero-order chi connectivity index (χ0) is 17.5. The van der Waals surface area contributed by atoms with Crippen LogP contribution in [0.5, 0.6) is 0 Å². The molecule has 0 radical (unpaired) electrons. The molecule has 0 fully saturated rings. The van der Waals surface area contributed by atoms with Gasteiger partial charge in [-0.3, -0.25) is 4.99 Å². The number of hydrogen-bond acceptors (Lipinski definition) is 5. The predicted molar refractivity (Wildman–Crippen MR) is 103 cm³/mol. The number of aromatic nitrogens is 1. The van der Waals surface area contributed by atoms with Crippen molar-refractivity contribution in [3.05, 3.63) is 16.1 Å². The number of aliphatic imine (C=N–C) groups is 1. The molecule has 1 rings (SSSR count). The zero-order valence-corrected chi connectivity index (χ0v) is 17.0. The Kier molecular flexibility index (Phi) is 8.36. The number of thiazole rings is 1. The first-order chi connectivity index (χ1) is 10.8. The molecule has 1 unspecified atom stereocenters. The summed E-state index contributed by atoms with van der Waals surface area (Å²) in [5.74, 6) is 0.920. The Morgan fingerprint density at radius 1 is 1.57 bits per heavy atom. The van der Waals surface area contributed by atoms with Crippen LogP contribution in [0.2, 0.25) is 0 Å². The van der Waals surface area contributed by atoms with E-state index in [9.17, 15) is 0 Å². The molecule has 0 aliphatic heterocycles. The smallest absolute Gasteiger partial charge is 0.194 e. The summed E-state index contributed by atoms with van der Waals surface area (Å²) in [7, 11) is 3.76. The average molecular weight is 359 g/mol. The van der Waals surface area contributed by atoms with E-state index in [4.69, 9.17) is 9.73 Å². The molecule has 1 aromatic rings. The summed E-state index contributed by atoms with van der Waals surface area (Å²) >= 11 is 3.48. The lowest BCUT2D eigenvalue weighted by Crippen LogP contribution is -2.39. The second-order valence-corrected chi connectivity index (χ2v) is 8.45. The van der Waals surface area contributed by atoms with Gasteiger partial charge in [0.1, 0.15) is 11.1 Å². The monoisotopic (exact) mass is 358 g/mol. The van der Waals surface area contributed by atoms with E-state index in [2.05, 4.69) is 47.6 Å². The Morgan fingerprint density at radius 3 is 2.83 bits per heavy atom. The number of thioether (sulfide) groups is 1. The summed E-state index contributed by atoms with van der Waals surface area (Å²) in [5.41, 5.74) is 1.05. The van der Waals surface area contributed by atoms with Crippen LogP contribution in [-0.4, -0.2) is 54.1 Å². The van der Waals surface area contributed by atoms with Crippen molar-refractivity contribution >= 4 is 29.1 Å². The lowest BCUT2D eigenvalue weighted by Gasteiger charge is -2.24. The van der Waals surface area contributed by atoms with Gasteiger partial charge in [-0.15, -0.1) is 11.3 Å². The number of rotatable bonds is 8. The third-order valence-corrected chi connectivity index (χ3v) is 5.82. The lowest BCUT2D eigenvalue weighted by atomic mass is 10.2. The number of ether oxygens (including phenoxy) is 1. The topological polar surface area (TPSA) is 49.8 Å². The third kappa shape index (κ3) is 6.69. The molecular weight excluding hydrogens is 328 g/mol. The van der Waals surface area contributed by atoms with Gasteiger partial charge in [0.25, 0.3) is 0 Å². The van der Waals surface area contributed by atoms with Crippen LogP contribution < -0.4 is 5.32 Å². The Bertz CT molecular complexity index is 502. The van der Waals surface area contributed by atoms with Gasteiger partial charge in [-0.2, -0.15) is 11.8 Å². The number of hydrogen-bond donors (Lipinski definition) is 1. The first-order valence-electron chi connectivity index (χ1n) is 7.84. The van der Waals surface area contributed by atoms with Crippen LogP contribution in [0.25, 0.3) is 0 Å². The van der Waals surface area contributed by atoms with Gasteiger partial charge in [0.2, 0.25) is 0 Å². The summed E-state index contributed by atoms with van der Waals surface area (Å²) in [6.45, 7) is 10.9. The molecule has 1 N–H and O–H groups in total. The second kappa shape index (κ2) is 9.49. The van der Waals surface area contributed by atoms with E-state index >= 15 is 0 Å². The van der Waals surface area contributed by atoms with Crippen LogP contribution >= 0.6 is 23.1 Å². The Labute approximate surface area is 148 Å². The summed E-state index contributed by atoms with van der Waals surface area (Å²) in [6, 6.07) is 0. The fraction of sp³-hybridized carbons (Fsp3) is 0.750. The molecule has 0 amide bonds. The second-order valence-electron chi connectivity index (χ2n) is 6.05. The zero-order valence-electron chi connectivity index (χ0n) is 15.3.